The van der Waals surface area contributed by atoms with E-state index in [9.17, 15) is 0 Å². The van der Waals surface area contributed by atoms with Gasteiger partial charge in [-0.2, -0.15) is 0 Å². The van der Waals surface area contributed by atoms with Crippen LogP contribution in [0.3, 0.4) is 0 Å². The molecule has 14 heavy (non-hydrogen) atoms. The van der Waals surface area contributed by atoms with Crippen LogP contribution in [0.5, 0.6) is 0 Å². The summed E-state index contributed by atoms with van der Waals surface area (Å²) in [5.41, 5.74) is 0.169. The number of ether oxygens (including phenoxy) is 1. The molecular weight excluding hydrogens is 176 g/mol. The minimum absolute atomic E-state index is 0.169. The first-order valence-corrected chi connectivity index (χ1v) is 5.51. The van der Waals surface area contributed by atoms with E-state index in [1.165, 1.54) is 0 Å². The van der Waals surface area contributed by atoms with Gasteiger partial charge < -0.3 is 10.1 Å². The number of nitrogens with one attached hydrogen (secondary N) is 1. The molecule has 0 spiro atoms. The van der Waals surface area contributed by atoms with Crippen LogP contribution < -0.4 is 5.32 Å². The highest BCUT2D eigenvalue weighted by Gasteiger charge is 2.35. The van der Waals surface area contributed by atoms with Gasteiger partial charge in [0.1, 0.15) is 0 Å². The summed E-state index contributed by atoms with van der Waals surface area (Å²) in [4.78, 5) is 2.54. The van der Waals surface area contributed by atoms with Gasteiger partial charge in [0, 0.05) is 24.2 Å². The SMILES string of the molecule is CNC(C)C(C)N1CCOCC1(C)C. The van der Waals surface area contributed by atoms with Crippen molar-refractivity contribution in [2.75, 3.05) is 26.8 Å². The molecule has 0 bridgehead atoms. The predicted octanol–water partition coefficient (Wildman–Crippen LogP) is 1.09. The third-order valence-corrected chi connectivity index (χ3v) is 3.38. The van der Waals surface area contributed by atoms with Gasteiger partial charge in [-0.3, -0.25) is 4.90 Å². The number of likely N-dealkylation sites (N-methyl/N-ethyl adjacent to an activating group) is 1. The van der Waals surface area contributed by atoms with Crippen molar-refractivity contribution in [1.82, 2.24) is 10.2 Å². The van der Waals surface area contributed by atoms with Crippen LogP contribution in [0.25, 0.3) is 0 Å². The molecule has 1 heterocycles. The lowest BCUT2D eigenvalue weighted by Crippen LogP contribution is -2.60. The Morgan fingerprint density at radius 3 is 2.50 bits per heavy atom. The molecule has 84 valence electrons. The summed E-state index contributed by atoms with van der Waals surface area (Å²) in [6, 6.07) is 1.08. The molecule has 2 atom stereocenters. The molecule has 0 radical (unpaired) electrons. The molecule has 1 fully saturated rings. The van der Waals surface area contributed by atoms with Crippen molar-refractivity contribution in [2.45, 2.75) is 45.3 Å². The van der Waals surface area contributed by atoms with E-state index < -0.39 is 0 Å². The molecule has 1 N–H and O–H groups in total. The Bertz CT molecular complexity index is 182. The molecular formula is C11H24N2O. The van der Waals surface area contributed by atoms with E-state index in [-0.39, 0.29) is 5.54 Å². The van der Waals surface area contributed by atoms with Gasteiger partial charge in [0.2, 0.25) is 0 Å². The maximum atomic E-state index is 5.52. The molecule has 0 amide bonds. The monoisotopic (exact) mass is 200 g/mol. The molecule has 1 aliphatic heterocycles. The third-order valence-electron chi connectivity index (χ3n) is 3.38. The van der Waals surface area contributed by atoms with Crippen molar-refractivity contribution >= 4 is 0 Å². The van der Waals surface area contributed by atoms with E-state index in [2.05, 4.69) is 37.9 Å². The van der Waals surface area contributed by atoms with Crippen LogP contribution in [0.1, 0.15) is 27.7 Å². The third kappa shape index (κ3) is 2.47. The highest BCUT2D eigenvalue weighted by atomic mass is 16.5. The Labute approximate surface area is 87.8 Å². The Balaban J connectivity index is 2.64. The normalized spacial score (nSPS) is 27.2. The fraction of sp³-hybridized carbons (Fsp3) is 1.00. The van der Waals surface area contributed by atoms with Crippen molar-refractivity contribution in [3.8, 4) is 0 Å². The maximum absolute atomic E-state index is 5.52. The van der Waals surface area contributed by atoms with Gasteiger partial charge in [-0.1, -0.05) is 0 Å². The van der Waals surface area contributed by atoms with Crippen molar-refractivity contribution in [1.29, 1.82) is 0 Å². The van der Waals surface area contributed by atoms with E-state index in [1.807, 2.05) is 7.05 Å². The lowest BCUT2D eigenvalue weighted by Gasteiger charge is -2.47. The molecule has 0 aromatic rings. The van der Waals surface area contributed by atoms with Gasteiger partial charge in [0.25, 0.3) is 0 Å². The fourth-order valence-corrected chi connectivity index (χ4v) is 2.14. The van der Waals surface area contributed by atoms with Crippen LogP contribution >= 0.6 is 0 Å². The smallest absolute Gasteiger partial charge is 0.0645 e. The lowest BCUT2D eigenvalue weighted by molar-refractivity contribution is -0.0734. The molecule has 3 nitrogen and oxygen atoms in total. The lowest BCUT2D eigenvalue weighted by atomic mass is 9.97. The van der Waals surface area contributed by atoms with Gasteiger partial charge in [-0.25, -0.2) is 0 Å². The minimum Gasteiger partial charge on any atom is -0.378 e. The topological polar surface area (TPSA) is 24.5 Å². The second-order valence-electron chi connectivity index (χ2n) is 4.88. The Hall–Kier alpha value is -0.120. The van der Waals surface area contributed by atoms with E-state index in [0.29, 0.717) is 12.1 Å². The van der Waals surface area contributed by atoms with Crippen molar-refractivity contribution in [2.24, 2.45) is 0 Å². The predicted molar refractivity (Wildman–Crippen MR) is 59.6 cm³/mol. The van der Waals surface area contributed by atoms with Crippen molar-refractivity contribution in [3.05, 3.63) is 0 Å². The summed E-state index contributed by atoms with van der Waals surface area (Å²) in [5, 5.41) is 3.32. The Morgan fingerprint density at radius 2 is 2.00 bits per heavy atom. The van der Waals surface area contributed by atoms with Crippen molar-refractivity contribution < 1.29 is 4.74 Å². The fourth-order valence-electron chi connectivity index (χ4n) is 2.14. The molecule has 1 saturated heterocycles. The van der Waals surface area contributed by atoms with Crippen molar-refractivity contribution in [3.63, 3.8) is 0 Å². The second-order valence-corrected chi connectivity index (χ2v) is 4.88. The van der Waals surface area contributed by atoms with Crippen LogP contribution in [0.2, 0.25) is 0 Å². The summed E-state index contributed by atoms with van der Waals surface area (Å²) in [7, 11) is 2.02. The molecule has 1 aliphatic rings. The average molecular weight is 200 g/mol. The number of nitrogens with zero attached hydrogens (tertiary/aromatic N) is 1. The summed E-state index contributed by atoms with van der Waals surface area (Å²) >= 11 is 0. The first-order valence-electron chi connectivity index (χ1n) is 5.51. The van der Waals surface area contributed by atoms with Crippen LogP contribution in [0.4, 0.5) is 0 Å². The zero-order valence-corrected chi connectivity index (χ0v) is 10.1. The summed E-state index contributed by atoms with van der Waals surface area (Å²) < 4.78 is 5.52. The zero-order valence-electron chi connectivity index (χ0n) is 10.1. The number of morpholine rings is 1. The Kier molecular flexibility index (Phi) is 3.93. The largest absolute Gasteiger partial charge is 0.378 e. The summed E-state index contributed by atoms with van der Waals surface area (Å²) in [5.74, 6) is 0. The van der Waals surface area contributed by atoms with E-state index in [4.69, 9.17) is 4.74 Å². The quantitative estimate of drug-likeness (QED) is 0.738. The Morgan fingerprint density at radius 1 is 1.36 bits per heavy atom. The first kappa shape index (κ1) is 12.0. The molecule has 0 saturated carbocycles. The molecule has 0 aliphatic carbocycles. The minimum atomic E-state index is 0.169. The summed E-state index contributed by atoms with van der Waals surface area (Å²) in [6.07, 6.45) is 0. The van der Waals surface area contributed by atoms with Crippen LogP contribution in [-0.4, -0.2) is 49.3 Å². The van der Waals surface area contributed by atoms with Gasteiger partial charge >= 0.3 is 0 Å². The number of hydrogen-bond acceptors (Lipinski definition) is 3. The number of rotatable bonds is 3. The van der Waals surface area contributed by atoms with E-state index in [0.717, 1.165) is 19.8 Å². The highest BCUT2D eigenvalue weighted by Crippen LogP contribution is 2.22. The van der Waals surface area contributed by atoms with Gasteiger partial charge in [-0.15, -0.1) is 0 Å². The van der Waals surface area contributed by atoms with Gasteiger partial charge in [0.15, 0.2) is 0 Å². The van der Waals surface area contributed by atoms with Gasteiger partial charge in [-0.05, 0) is 34.7 Å². The zero-order chi connectivity index (χ0) is 10.8. The van der Waals surface area contributed by atoms with Crippen LogP contribution in [0.15, 0.2) is 0 Å². The van der Waals surface area contributed by atoms with Gasteiger partial charge in [0.05, 0.1) is 13.2 Å². The maximum Gasteiger partial charge on any atom is 0.0645 e. The first-order chi connectivity index (χ1) is 6.49. The summed E-state index contributed by atoms with van der Waals surface area (Å²) in [6.45, 7) is 11.8. The standard InChI is InChI=1S/C11H24N2O/c1-9(12-5)10(2)13-6-7-14-8-11(13,3)4/h9-10,12H,6-8H2,1-5H3. The molecule has 0 aromatic heterocycles. The number of hydrogen-bond donors (Lipinski definition) is 1. The van der Waals surface area contributed by atoms with Crippen LogP contribution in [0, 0.1) is 0 Å². The molecule has 3 heteroatoms. The average Bonchev–Trinajstić information content (AvgIpc) is 2.15. The molecule has 1 rings (SSSR count). The van der Waals surface area contributed by atoms with Crippen LogP contribution in [-0.2, 0) is 4.74 Å². The molecule has 0 aromatic carbocycles. The second kappa shape index (κ2) is 4.60. The van der Waals surface area contributed by atoms with E-state index >= 15 is 0 Å². The molecule has 2 unspecified atom stereocenters. The van der Waals surface area contributed by atoms with E-state index in [1.54, 1.807) is 0 Å². The highest BCUT2D eigenvalue weighted by molar-refractivity contribution is 4.90.